The Labute approximate surface area is 115 Å². The molecular formula is C12H11ClN2O2S. The van der Waals surface area contributed by atoms with Gasteiger partial charge in [0, 0.05) is 10.6 Å². The molecule has 18 heavy (non-hydrogen) atoms. The molecule has 1 heterocycles. The van der Waals surface area contributed by atoms with Crippen LogP contribution < -0.4 is 10.5 Å². The predicted octanol–water partition coefficient (Wildman–Crippen LogP) is 3.03. The van der Waals surface area contributed by atoms with E-state index >= 15 is 0 Å². The molecule has 0 saturated heterocycles. The van der Waals surface area contributed by atoms with Gasteiger partial charge in [-0.05, 0) is 31.2 Å². The molecule has 0 bridgehead atoms. The molecule has 94 valence electrons. The topological polar surface area (TPSA) is 61.3 Å². The number of oxazole rings is 1. The van der Waals surface area contributed by atoms with E-state index in [1.807, 2.05) is 6.92 Å². The smallest absolute Gasteiger partial charge is 0.316 e. The zero-order valence-electron chi connectivity index (χ0n) is 9.64. The van der Waals surface area contributed by atoms with E-state index in [1.165, 1.54) is 0 Å². The van der Waals surface area contributed by atoms with Crippen molar-refractivity contribution in [1.29, 1.82) is 0 Å². The number of ether oxygens (including phenoxy) is 1. The molecule has 1 aromatic heterocycles. The van der Waals surface area contributed by atoms with Crippen molar-refractivity contribution >= 4 is 28.8 Å². The summed E-state index contributed by atoms with van der Waals surface area (Å²) in [5.74, 6) is 0.646. The second kappa shape index (κ2) is 5.37. The molecule has 0 saturated carbocycles. The van der Waals surface area contributed by atoms with Crippen molar-refractivity contribution in [2.24, 2.45) is 5.73 Å². The summed E-state index contributed by atoms with van der Waals surface area (Å²) in [5, 5.41) is 0.643. The summed E-state index contributed by atoms with van der Waals surface area (Å²) in [5.41, 5.74) is 6.71. The van der Waals surface area contributed by atoms with E-state index in [1.54, 1.807) is 24.3 Å². The van der Waals surface area contributed by atoms with Crippen LogP contribution in [0.4, 0.5) is 0 Å². The second-order valence-corrected chi connectivity index (χ2v) is 4.34. The normalized spacial score (nSPS) is 10.3. The molecule has 0 aliphatic heterocycles. The van der Waals surface area contributed by atoms with E-state index in [0.717, 1.165) is 5.56 Å². The Bertz CT molecular complexity index is 566. The van der Waals surface area contributed by atoms with Crippen LogP contribution in [0.2, 0.25) is 5.02 Å². The summed E-state index contributed by atoms with van der Waals surface area (Å²) < 4.78 is 10.8. The molecule has 1 aromatic carbocycles. The van der Waals surface area contributed by atoms with Gasteiger partial charge >= 0.3 is 5.95 Å². The summed E-state index contributed by atoms with van der Waals surface area (Å²) in [6, 6.07) is 7.10. The van der Waals surface area contributed by atoms with E-state index in [4.69, 9.17) is 38.7 Å². The molecule has 0 fully saturated rings. The number of rotatable bonds is 4. The van der Waals surface area contributed by atoms with Crippen molar-refractivity contribution in [2.45, 2.75) is 6.92 Å². The highest BCUT2D eigenvalue weighted by Gasteiger charge is 2.17. The van der Waals surface area contributed by atoms with Gasteiger partial charge in [0.25, 0.3) is 0 Å². The Morgan fingerprint density at radius 1 is 1.44 bits per heavy atom. The Kier molecular flexibility index (Phi) is 3.84. The van der Waals surface area contributed by atoms with Gasteiger partial charge in [0.1, 0.15) is 4.99 Å². The zero-order chi connectivity index (χ0) is 13.1. The van der Waals surface area contributed by atoms with Crippen LogP contribution >= 0.6 is 23.8 Å². The third-order valence-electron chi connectivity index (χ3n) is 2.20. The van der Waals surface area contributed by atoms with Gasteiger partial charge < -0.3 is 14.9 Å². The highest BCUT2D eigenvalue weighted by atomic mass is 35.5. The van der Waals surface area contributed by atoms with Crippen LogP contribution in [0.3, 0.4) is 0 Å². The summed E-state index contributed by atoms with van der Waals surface area (Å²) in [6.45, 7) is 2.29. The summed E-state index contributed by atoms with van der Waals surface area (Å²) in [7, 11) is 0. The molecule has 0 atom stereocenters. The fourth-order valence-corrected chi connectivity index (χ4v) is 1.66. The van der Waals surface area contributed by atoms with Crippen LogP contribution in [0.15, 0.2) is 28.7 Å². The monoisotopic (exact) mass is 282 g/mol. The maximum absolute atomic E-state index is 5.82. The number of aromatic nitrogens is 1. The summed E-state index contributed by atoms with van der Waals surface area (Å²) in [6.07, 6.45) is 0. The van der Waals surface area contributed by atoms with Crippen molar-refractivity contribution in [2.75, 3.05) is 6.61 Å². The van der Waals surface area contributed by atoms with Crippen LogP contribution in [-0.2, 0) is 0 Å². The molecule has 0 amide bonds. The molecule has 0 aliphatic rings. The number of nitrogens with two attached hydrogens (primary N) is 1. The molecule has 0 unspecified atom stereocenters. The van der Waals surface area contributed by atoms with Crippen LogP contribution in [-0.4, -0.2) is 16.6 Å². The second-order valence-electron chi connectivity index (χ2n) is 3.46. The van der Waals surface area contributed by atoms with Gasteiger partial charge in [0.05, 0.1) is 6.61 Å². The van der Waals surface area contributed by atoms with Crippen molar-refractivity contribution in [3.8, 4) is 17.4 Å². The molecule has 2 aromatic rings. The third-order valence-corrected chi connectivity index (χ3v) is 2.64. The molecular weight excluding hydrogens is 272 g/mol. The van der Waals surface area contributed by atoms with E-state index in [9.17, 15) is 0 Å². The Balaban J connectivity index is 2.42. The minimum Gasteiger partial charge on any atom is -0.464 e. The van der Waals surface area contributed by atoms with Gasteiger partial charge in [-0.15, -0.1) is 0 Å². The van der Waals surface area contributed by atoms with Crippen LogP contribution in [0.5, 0.6) is 5.95 Å². The highest BCUT2D eigenvalue weighted by Crippen LogP contribution is 2.28. The lowest BCUT2D eigenvalue weighted by Gasteiger charge is -1.98. The molecule has 2 rings (SSSR count). The fourth-order valence-electron chi connectivity index (χ4n) is 1.41. The van der Waals surface area contributed by atoms with Gasteiger partial charge in [-0.25, -0.2) is 4.98 Å². The number of hydrogen-bond acceptors (Lipinski definition) is 4. The van der Waals surface area contributed by atoms with E-state index in [2.05, 4.69) is 4.98 Å². The molecule has 2 N–H and O–H groups in total. The molecule has 0 spiro atoms. The van der Waals surface area contributed by atoms with Gasteiger partial charge in [-0.1, -0.05) is 23.8 Å². The lowest BCUT2D eigenvalue weighted by atomic mass is 10.2. The Morgan fingerprint density at radius 2 is 2.11 bits per heavy atom. The highest BCUT2D eigenvalue weighted by molar-refractivity contribution is 7.80. The molecule has 0 aliphatic carbocycles. The van der Waals surface area contributed by atoms with Gasteiger partial charge in [0.2, 0.25) is 5.89 Å². The average molecular weight is 283 g/mol. The fraction of sp³-hybridized carbons (Fsp3) is 0.167. The van der Waals surface area contributed by atoms with Gasteiger partial charge in [-0.3, -0.25) is 0 Å². The van der Waals surface area contributed by atoms with Crippen LogP contribution in [0.1, 0.15) is 12.6 Å². The number of halogens is 1. The van der Waals surface area contributed by atoms with Crippen molar-refractivity contribution < 1.29 is 9.15 Å². The third kappa shape index (κ3) is 2.63. The minimum absolute atomic E-state index is 0.141. The van der Waals surface area contributed by atoms with E-state index in [-0.39, 0.29) is 10.9 Å². The van der Waals surface area contributed by atoms with Gasteiger partial charge in [-0.2, -0.15) is 0 Å². The van der Waals surface area contributed by atoms with Crippen LogP contribution in [0, 0.1) is 0 Å². The van der Waals surface area contributed by atoms with Crippen LogP contribution in [0.25, 0.3) is 11.5 Å². The molecule has 0 radical (unpaired) electrons. The average Bonchev–Trinajstić information content (AvgIpc) is 2.75. The standard InChI is InChI=1S/C12H11ClN2O2S/c1-2-16-12-9(10(14)18)15-11(17-12)7-3-5-8(13)6-4-7/h3-6H,2H2,1H3,(H2,14,18). The maximum Gasteiger partial charge on any atom is 0.316 e. The minimum atomic E-state index is 0.141. The quantitative estimate of drug-likeness (QED) is 0.874. The number of nitrogens with zero attached hydrogens (tertiary/aromatic N) is 1. The zero-order valence-corrected chi connectivity index (χ0v) is 11.2. The maximum atomic E-state index is 5.82. The number of hydrogen-bond donors (Lipinski definition) is 1. The predicted molar refractivity (Wildman–Crippen MR) is 74.0 cm³/mol. The first kappa shape index (κ1) is 12.9. The molecule has 4 nitrogen and oxygen atoms in total. The Morgan fingerprint density at radius 3 is 2.67 bits per heavy atom. The number of benzene rings is 1. The summed E-state index contributed by atoms with van der Waals surface area (Å²) in [4.78, 5) is 4.37. The number of thiocarbonyl (C=S) groups is 1. The largest absolute Gasteiger partial charge is 0.464 e. The first-order valence-electron chi connectivity index (χ1n) is 5.31. The molecule has 6 heteroatoms. The summed E-state index contributed by atoms with van der Waals surface area (Å²) >= 11 is 10.7. The Hall–Kier alpha value is -1.59. The van der Waals surface area contributed by atoms with Crippen molar-refractivity contribution in [1.82, 2.24) is 4.98 Å². The first-order valence-corrected chi connectivity index (χ1v) is 6.09. The lowest BCUT2D eigenvalue weighted by molar-refractivity contribution is 0.260. The lowest BCUT2D eigenvalue weighted by Crippen LogP contribution is -2.11. The van der Waals surface area contributed by atoms with E-state index in [0.29, 0.717) is 23.2 Å². The van der Waals surface area contributed by atoms with Gasteiger partial charge in [0.15, 0.2) is 5.69 Å². The van der Waals surface area contributed by atoms with E-state index < -0.39 is 0 Å². The van der Waals surface area contributed by atoms with Crippen molar-refractivity contribution in [3.63, 3.8) is 0 Å². The van der Waals surface area contributed by atoms with Crippen molar-refractivity contribution in [3.05, 3.63) is 35.0 Å². The SMILES string of the molecule is CCOc1oc(-c2ccc(Cl)cc2)nc1C(N)=S. The first-order chi connectivity index (χ1) is 8.61.